The lowest BCUT2D eigenvalue weighted by molar-refractivity contribution is 0.208. The van der Waals surface area contributed by atoms with E-state index in [2.05, 4.69) is 15.9 Å². The molecule has 0 aliphatic carbocycles. The number of benzene rings is 2. The van der Waals surface area contributed by atoms with Crippen LogP contribution in [0.2, 0.25) is 0 Å². The van der Waals surface area contributed by atoms with E-state index in [1.54, 1.807) is 6.07 Å². The van der Waals surface area contributed by atoms with Crippen molar-refractivity contribution in [1.82, 2.24) is 0 Å². The smallest absolute Gasteiger partial charge is 0.161 e. The summed E-state index contributed by atoms with van der Waals surface area (Å²) in [6.45, 7) is 3.16. The maximum atomic E-state index is 13.2. The monoisotopic (exact) mass is 354 g/mol. The quantitative estimate of drug-likeness (QED) is 0.687. The van der Waals surface area contributed by atoms with Gasteiger partial charge in [0.1, 0.15) is 24.8 Å². The van der Waals surface area contributed by atoms with Gasteiger partial charge in [0.15, 0.2) is 11.5 Å². The van der Waals surface area contributed by atoms with Gasteiger partial charge in [-0.05, 0) is 31.2 Å². The topological polar surface area (TPSA) is 27.7 Å². The van der Waals surface area contributed by atoms with E-state index in [0.29, 0.717) is 41.5 Å². The molecule has 0 aliphatic heterocycles. The lowest BCUT2D eigenvalue weighted by Crippen LogP contribution is -2.10. The minimum absolute atomic E-state index is 0.316. The SMILES string of the molecule is CCOc1ccccc1OCCOc1cc(F)cc(Br)c1. The lowest BCUT2D eigenvalue weighted by Gasteiger charge is -2.12. The van der Waals surface area contributed by atoms with E-state index in [0.717, 1.165) is 0 Å². The molecule has 0 heterocycles. The van der Waals surface area contributed by atoms with Crippen LogP contribution in [0.15, 0.2) is 46.9 Å². The predicted molar refractivity (Wildman–Crippen MR) is 82.7 cm³/mol. The minimum atomic E-state index is -0.345. The number of hydrogen-bond acceptors (Lipinski definition) is 3. The maximum absolute atomic E-state index is 13.2. The van der Waals surface area contributed by atoms with Gasteiger partial charge in [-0.1, -0.05) is 28.1 Å². The van der Waals surface area contributed by atoms with E-state index in [9.17, 15) is 4.39 Å². The molecule has 0 aromatic heterocycles. The van der Waals surface area contributed by atoms with Crippen LogP contribution in [0.4, 0.5) is 4.39 Å². The van der Waals surface area contributed by atoms with Gasteiger partial charge >= 0.3 is 0 Å². The van der Waals surface area contributed by atoms with Crippen molar-refractivity contribution in [3.8, 4) is 17.2 Å². The van der Waals surface area contributed by atoms with Gasteiger partial charge in [0.2, 0.25) is 0 Å². The van der Waals surface area contributed by atoms with Crippen molar-refractivity contribution in [2.24, 2.45) is 0 Å². The molecule has 0 saturated carbocycles. The summed E-state index contributed by atoms with van der Waals surface area (Å²) in [6.07, 6.45) is 0. The van der Waals surface area contributed by atoms with Crippen LogP contribution in [-0.4, -0.2) is 19.8 Å². The summed E-state index contributed by atoms with van der Waals surface area (Å²) in [4.78, 5) is 0. The molecule has 21 heavy (non-hydrogen) atoms. The Morgan fingerprint density at radius 2 is 1.62 bits per heavy atom. The van der Waals surface area contributed by atoms with Gasteiger partial charge in [-0.15, -0.1) is 0 Å². The van der Waals surface area contributed by atoms with E-state index in [1.165, 1.54) is 12.1 Å². The molecule has 0 aliphatic rings. The van der Waals surface area contributed by atoms with Crippen LogP contribution in [0.25, 0.3) is 0 Å². The Bertz CT molecular complexity index is 569. The zero-order valence-electron chi connectivity index (χ0n) is 11.6. The molecule has 0 fully saturated rings. The second-order valence-corrected chi connectivity index (χ2v) is 5.10. The third-order valence-electron chi connectivity index (χ3n) is 2.59. The molecule has 5 heteroatoms. The van der Waals surface area contributed by atoms with E-state index >= 15 is 0 Å². The van der Waals surface area contributed by atoms with Crippen molar-refractivity contribution in [2.45, 2.75) is 6.92 Å². The molecule has 2 aromatic carbocycles. The standard InChI is InChI=1S/C16H16BrFO3/c1-2-19-15-5-3-4-6-16(15)21-8-7-20-14-10-12(17)9-13(18)11-14/h3-6,9-11H,2,7-8H2,1H3. The molecule has 2 rings (SSSR count). The summed E-state index contributed by atoms with van der Waals surface area (Å²) < 4.78 is 30.4. The third-order valence-corrected chi connectivity index (χ3v) is 3.05. The fraction of sp³-hybridized carbons (Fsp3) is 0.250. The van der Waals surface area contributed by atoms with Crippen molar-refractivity contribution >= 4 is 15.9 Å². The molecule has 3 nitrogen and oxygen atoms in total. The molecule has 0 bridgehead atoms. The highest BCUT2D eigenvalue weighted by Gasteiger charge is 2.04. The first-order valence-electron chi connectivity index (χ1n) is 6.62. The summed E-state index contributed by atoms with van der Waals surface area (Å²) in [6, 6.07) is 11.9. The molecular formula is C16H16BrFO3. The molecule has 0 radical (unpaired) electrons. The second kappa shape index (κ2) is 7.88. The summed E-state index contributed by atoms with van der Waals surface area (Å²) in [5.41, 5.74) is 0. The highest BCUT2D eigenvalue weighted by molar-refractivity contribution is 9.10. The number of ether oxygens (including phenoxy) is 3. The van der Waals surface area contributed by atoms with Crippen molar-refractivity contribution in [3.63, 3.8) is 0 Å². The fourth-order valence-corrected chi connectivity index (χ4v) is 2.21. The van der Waals surface area contributed by atoms with Crippen LogP contribution in [0.1, 0.15) is 6.92 Å². The van der Waals surface area contributed by atoms with Crippen molar-refractivity contribution in [1.29, 1.82) is 0 Å². The van der Waals surface area contributed by atoms with E-state index in [-0.39, 0.29) is 5.82 Å². The summed E-state index contributed by atoms with van der Waals surface area (Å²) in [5, 5.41) is 0. The average molecular weight is 355 g/mol. The predicted octanol–water partition coefficient (Wildman–Crippen LogP) is 4.44. The van der Waals surface area contributed by atoms with Gasteiger partial charge in [-0.3, -0.25) is 0 Å². The lowest BCUT2D eigenvalue weighted by atomic mass is 10.3. The summed E-state index contributed by atoms with van der Waals surface area (Å²) in [5.74, 6) is 1.49. The zero-order chi connectivity index (χ0) is 15.1. The van der Waals surface area contributed by atoms with Crippen LogP contribution < -0.4 is 14.2 Å². The first kappa shape index (κ1) is 15.6. The Morgan fingerprint density at radius 1 is 0.952 bits per heavy atom. The Hall–Kier alpha value is -1.75. The molecule has 0 unspecified atom stereocenters. The highest BCUT2D eigenvalue weighted by Crippen LogP contribution is 2.26. The van der Waals surface area contributed by atoms with Gasteiger partial charge in [0.05, 0.1) is 6.61 Å². The van der Waals surface area contributed by atoms with Crippen LogP contribution >= 0.6 is 15.9 Å². The van der Waals surface area contributed by atoms with Crippen molar-refractivity contribution < 1.29 is 18.6 Å². The molecule has 0 amide bonds. The molecule has 112 valence electrons. The number of para-hydroxylation sites is 2. The zero-order valence-corrected chi connectivity index (χ0v) is 13.2. The van der Waals surface area contributed by atoms with Gasteiger partial charge in [-0.25, -0.2) is 4.39 Å². The van der Waals surface area contributed by atoms with Crippen LogP contribution in [0.3, 0.4) is 0 Å². The first-order valence-corrected chi connectivity index (χ1v) is 7.42. The van der Waals surface area contributed by atoms with E-state index < -0.39 is 0 Å². The molecule has 0 saturated heterocycles. The Balaban J connectivity index is 1.84. The van der Waals surface area contributed by atoms with Crippen LogP contribution in [0.5, 0.6) is 17.2 Å². The third kappa shape index (κ3) is 4.93. The number of hydrogen-bond donors (Lipinski definition) is 0. The molecule has 0 atom stereocenters. The van der Waals surface area contributed by atoms with Crippen molar-refractivity contribution in [2.75, 3.05) is 19.8 Å². The summed E-state index contributed by atoms with van der Waals surface area (Å²) >= 11 is 3.22. The molecule has 2 aromatic rings. The maximum Gasteiger partial charge on any atom is 0.161 e. The Labute approximate surface area is 131 Å². The van der Waals surface area contributed by atoms with Gasteiger partial charge in [-0.2, -0.15) is 0 Å². The number of halogens is 2. The minimum Gasteiger partial charge on any atom is -0.490 e. The Kier molecular flexibility index (Phi) is 5.87. The second-order valence-electron chi connectivity index (χ2n) is 4.18. The van der Waals surface area contributed by atoms with Crippen LogP contribution in [-0.2, 0) is 0 Å². The average Bonchev–Trinajstić information content (AvgIpc) is 2.44. The van der Waals surface area contributed by atoms with Crippen LogP contribution in [0, 0.1) is 5.82 Å². The molecule has 0 N–H and O–H groups in total. The van der Waals surface area contributed by atoms with Gasteiger partial charge in [0, 0.05) is 10.5 Å². The van der Waals surface area contributed by atoms with Gasteiger partial charge < -0.3 is 14.2 Å². The first-order chi connectivity index (χ1) is 10.2. The largest absolute Gasteiger partial charge is 0.490 e. The molecular weight excluding hydrogens is 339 g/mol. The fourth-order valence-electron chi connectivity index (χ4n) is 1.77. The Morgan fingerprint density at radius 3 is 2.29 bits per heavy atom. The summed E-state index contributed by atoms with van der Waals surface area (Å²) in [7, 11) is 0. The number of rotatable bonds is 7. The van der Waals surface area contributed by atoms with E-state index in [1.807, 2.05) is 31.2 Å². The van der Waals surface area contributed by atoms with E-state index in [4.69, 9.17) is 14.2 Å². The molecule has 0 spiro atoms. The van der Waals surface area contributed by atoms with Crippen molar-refractivity contribution in [3.05, 3.63) is 52.8 Å². The highest BCUT2D eigenvalue weighted by atomic mass is 79.9. The van der Waals surface area contributed by atoms with Gasteiger partial charge in [0.25, 0.3) is 0 Å². The normalized spacial score (nSPS) is 10.2.